The average molecular weight is 241 g/mol. The van der Waals surface area contributed by atoms with Crippen molar-refractivity contribution in [2.24, 2.45) is 10.4 Å². The minimum Gasteiger partial charge on any atom is -0.256 e. The normalized spacial score (nSPS) is 18.9. The molecule has 0 aromatic heterocycles. The topological polar surface area (TPSA) is 31.2 Å². The number of hydrogen-bond acceptors (Lipinski definition) is 4. The molecule has 0 N–H and O–H groups in total. The fraction of sp³-hybridized carbons (Fsp3) is 0.455. The number of benzene rings is 1. The Balaban J connectivity index is 0.00000128. The van der Waals surface area contributed by atoms with Gasteiger partial charge in [0, 0.05) is 7.05 Å². The molecule has 1 aromatic rings. The van der Waals surface area contributed by atoms with Crippen molar-refractivity contribution in [1.29, 1.82) is 0 Å². The van der Waals surface area contributed by atoms with Crippen LogP contribution in [0.15, 0.2) is 28.6 Å². The lowest BCUT2D eigenvalue weighted by Crippen LogP contribution is -2.33. The number of halogens is 1. The summed E-state index contributed by atoms with van der Waals surface area (Å²) in [5.74, 6) is 0. The van der Waals surface area contributed by atoms with E-state index in [1.165, 1.54) is 11.1 Å². The van der Waals surface area contributed by atoms with Crippen LogP contribution < -0.4 is 5.01 Å². The van der Waals surface area contributed by atoms with Gasteiger partial charge in [-0.2, -0.15) is 0 Å². The van der Waals surface area contributed by atoms with E-state index in [1.807, 2.05) is 17.1 Å². The molecule has 0 bridgehead atoms. The standard InChI is InChI=1S/C11H16N4.ClH/c1-8-5-6-11(7-9(8)2)15-10(3)14(4)12-13-15;/h5-7,10H,1-4H3;1H. The van der Waals surface area contributed by atoms with Crippen molar-refractivity contribution < 1.29 is 0 Å². The van der Waals surface area contributed by atoms with Gasteiger partial charge in [-0.05, 0) is 49.3 Å². The van der Waals surface area contributed by atoms with Gasteiger partial charge in [0.1, 0.15) is 6.17 Å². The maximum absolute atomic E-state index is 4.12. The summed E-state index contributed by atoms with van der Waals surface area (Å²) in [7, 11) is 1.93. The van der Waals surface area contributed by atoms with Crippen LogP contribution in [0.4, 0.5) is 5.69 Å². The summed E-state index contributed by atoms with van der Waals surface area (Å²) >= 11 is 0. The van der Waals surface area contributed by atoms with Gasteiger partial charge in [0.2, 0.25) is 0 Å². The van der Waals surface area contributed by atoms with Crippen LogP contribution in [-0.2, 0) is 0 Å². The molecule has 2 rings (SSSR count). The van der Waals surface area contributed by atoms with E-state index in [9.17, 15) is 0 Å². The first-order valence-corrected chi connectivity index (χ1v) is 5.10. The first-order chi connectivity index (χ1) is 7.09. The van der Waals surface area contributed by atoms with E-state index < -0.39 is 0 Å². The summed E-state index contributed by atoms with van der Waals surface area (Å²) in [6.07, 6.45) is 0.187. The van der Waals surface area contributed by atoms with Crippen molar-refractivity contribution in [2.75, 3.05) is 12.1 Å². The Hall–Kier alpha value is -1.29. The van der Waals surface area contributed by atoms with E-state index in [-0.39, 0.29) is 18.6 Å². The van der Waals surface area contributed by atoms with Gasteiger partial charge < -0.3 is 0 Å². The van der Waals surface area contributed by atoms with Crippen molar-refractivity contribution in [3.63, 3.8) is 0 Å². The van der Waals surface area contributed by atoms with Gasteiger partial charge in [0.25, 0.3) is 0 Å². The molecule has 0 amide bonds. The summed E-state index contributed by atoms with van der Waals surface area (Å²) in [6, 6.07) is 6.34. The Labute approximate surface area is 102 Å². The van der Waals surface area contributed by atoms with E-state index in [1.54, 1.807) is 0 Å². The van der Waals surface area contributed by atoms with Gasteiger partial charge in [-0.1, -0.05) is 11.3 Å². The fourth-order valence-electron chi connectivity index (χ4n) is 1.55. The predicted octanol–water partition coefficient (Wildman–Crippen LogP) is 3.11. The van der Waals surface area contributed by atoms with Crippen molar-refractivity contribution in [3.05, 3.63) is 29.3 Å². The third-order valence-corrected chi connectivity index (χ3v) is 2.93. The smallest absolute Gasteiger partial charge is 0.139 e. The highest BCUT2D eigenvalue weighted by atomic mass is 35.5. The molecule has 1 aromatic carbocycles. The molecule has 1 aliphatic rings. The van der Waals surface area contributed by atoms with Gasteiger partial charge in [-0.25, -0.2) is 5.01 Å². The SMILES string of the molecule is Cc1ccc(N2N=NN(C)C2C)cc1C.Cl. The molecule has 1 unspecified atom stereocenters. The predicted molar refractivity (Wildman–Crippen MR) is 67.7 cm³/mol. The third-order valence-electron chi connectivity index (χ3n) is 2.93. The zero-order valence-electron chi connectivity index (χ0n) is 10.0. The molecule has 88 valence electrons. The summed E-state index contributed by atoms with van der Waals surface area (Å²) in [5.41, 5.74) is 3.68. The minimum atomic E-state index is 0. The number of anilines is 1. The second kappa shape index (κ2) is 4.70. The zero-order chi connectivity index (χ0) is 11.0. The van der Waals surface area contributed by atoms with E-state index in [0.717, 1.165) is 5.69 Å². The number of aryl methyl sites for hydroxylation is 2. The molecular weight excluding hydrogens is 224 g/mol. The lowest BCUT2D eigenvalue weighted by atomic mass is 10.1. The summed E-state index contributed by atoms with van der Waals surface area (Å²) in [6.45, 7) is 6.30. The van der Waals surface area contributed by atoms with Crippen molar-refractivity contribution in [1.82, 2.24) is 5.01 Å². The van der Waals surface area contributed by atoms with Gasteiger partial charge in [0.15, 0.2) is 0 Å². The monoisotopic (exact) mass is 240 g/mol. The van der Waals surface area contributed by atoms with Crippen molar-refractivity contribution >= 4 is 18.1 Å². The Morgan fingerprint density at radius 1 is 1.12 bits per heavy atom. The largest absolute Gasteiger partial charge is 0.256 e. The van der Waals surface area contributed by atoms with E-state index in [0.29, 0.717) is 0 Å². The Bertz CT molecular complexity index is 405. The molecule has 1 atom stereocenters. The van der Waals surface area contributed by atoms with Crippen LogP contribution in [-0.4, -0.2) is 18.2 Å². The van der Waals surface area contributed by atoms with E-state index >= 15 is 0 Å². The third kappa shape index (κ3) is 2.11. The molecule has 1 aliphatic heterocycles. The minimum absolute atomic E-state index is 0. The maximum Gasteiger partial charge on any atom is 0.139 e. The summed E-state index contributed by atoms with van der Waals surface area (Å²) < 4.78 is 0. The molecule has 0 saturated carbocycles. The molecule has 5 heteroatoms. The molecule has 0 aliphatic carbocycles. The Morgan fingerprint density at radius 2 is 1.81 bits per heavy atom. The quantitative estimate of drug-likeness (QED) is 0.755. The highest BCUT2D eigenvalue weighted by Crippen LogP contribution is 2.25. The van der Waals surface area contributed by atoms with Crippen LogP contribution in [0.5, 0.6) is 0 Å². The van der Waals surface area contributed by atoms with Gasteiger partial charge in [-0.15, -0.1) is 12.4 Å². The highest BCUT2D eigenvalue weighted by molar-refractivity contribution is 5.85. The fourth-order valence-corrected chi connectivity index (χ4v) is 1.55. The second-order valence-electron chi connectivity index (χ2n) is 4.00. The van der Waals surface area contributed by atoms with Crippen LogP contribution in [0.2, 0.25) is 0 Å². The molecule has 16 heavy (non-hydrogen) atoms. The lowest BCUT2D eigenvalue weighted by Gasteiger charge is -2.22. The number of nitrogens with zero attached hydrogens (tertiary/aromatic N) is 4. The molecule has 1 heterocycles. The molecule has 0 fully saturated rings. The van der Waals surface area contributed by atoms with Crippen LogP contribution in [0.3, 0.4) is 0 Å². The van der Waals surface area contributed by atoms with E-state index in [2.05, 4.69) is 49.4 Å². The first-order valence-electron chi connectivity index (χ1n) is 5.10. The van der Waals surface area contributed by atoms with Crippen LogP contribution in [0, 0.1) is 13.8 Å². The Kier molecular flexibility index (Phi) is 3.75. The maximum atomic E-state index is 4.12. The van der Waals surface area contributed by atoms with Crippen molar-refractivity contribution in [2.45, 2.75) is 26.9 Å². The van der Waals surface area contributed by atoms with Crippen LogP contribution in [0.25, 0.3) is 0 Å². The first kappa shape index (κ1) is 12.8. The lowest BCUT2D eigenvalue weighted by molar-refractivity contribution is 0.303. The summed E-state index contributed by atoms with van der Waals surface area (Å²) in [4.78, 5) is 0. The molecule has 0 saturated heterocycles. The van der Waals surface area contributed by atoms with Gasteiger partial charge in [0.05, 0.1) is 5.69 Å². The van der Waals surface area contributed by atoms with E-state index in [4.69, 9.17) is 0 Å². The molecule has 0 spiro atoms. The van der Waals surface area contributed by atoms with Gasteiger partial charge >= 0.3 is 0 Å². The number of hydrogen-bond donors (Lipinski definition) is 0. The van der Waals surface area contributed by atoms with Crippen LogP contribution >= 0.6 is 12.4 Å². The van der Waals surface area contributed by atoms with Crippen LogP contribution in [0.1, 0.15) is 18.1 Å². The molecule has 0 radical (unpaired) electrons. The van der Waals surface area contributed by atoms with Gasteiger partial charge in [-0.3, -0.25) is 5.01 Å². The number of rotatable bonds is 1. The summed E-state index contributed by atoms with van der Waals surface area (Å²) in [5, 5.41) is 11.9. The highest BCUT2D eigenvalue weighted by Gasteiger charge is 2.23. The van der Waals surface area contributed by atoms with Crippen molar-refractivity contribution in [3.8, 4) is 0 Å². The zero-order valence-corrected chi connectivity index (χ0v) is 10.8. The Morgan fingerprint density at radius 3 is 2.31 bits per heavy atom. The average Bonchev–Trinajstić information content (AvgIpc) is 2.53. The second-order valence-corrected chi connectivity index (χ2v) is 4.00. The molecule has 4 nitrogen and oxygen atoms in total. The molecular formula is C11H17ClN4.